The summed E-state index contributed by atoms with van der Waals surface area (Å²) in [5.74, 6) is 1.38. The molecule has 0 spiro atoms. The fourth-order valence-electron chi connectivity index (χ4n) is 3.95. The van der Waals surface area contributed by atoms with E-state index < -0.39 is 16.1 Å². The molecule has 3 heterocycles. The molecule has 3 aliphatic heterocycles. The Bertz CT molecular complexity index is 1130. The predicted octanol–water partition coefficient (Wildman–Crippen LogP) is 2.36. The lowest BCUT2D eigenvalue weighted by molar-refractivity contribution is -0.120. The third-order valence-corrected chi connectivity index (χ3v) is 6.66. The Hall–Kier alpha value is -3.07. The molecular weight excluding hydrogens is 394 g/mol. The minimum absolute atomic E-state index is 0.164. The fraction of sp³-hybridized carbons (Fsp3) is 0.300. The van der Waals surface area contributed by atoms with Crippen LogP contribution in [0.2, 0.25) is 0 Å². The van der Waals surface area contributed by atoms with Crippen molar-refractivity contribution in [2.45, 2.75) is 30.2 Å². The molecule has 8 nitrogen and oxygen atoms in total. The quantitative estimate of drug-likeness (QED) is 0.812. The molecule has 0 aromatic heterocycles. The van der Waals surface area contributed by atoms with E-state index >= 15 is 0 Å². The van der Waals surface area contributed by atoms with Gasteiger partial charge in [-0.1, -0.05) is 12.1 Å². The van der Waals surface area contributed by atoms with Gasteiger partial charge >= 0.3 is 0 Å². The summed E-state index contributed by atoms with van der Waals surface area (Å²) in [6, 6.07) is 11.5. The Morgan fingerprint density at radius 3 is 2.83 bits per heavy atom. The molecule has 0 radical (unpaired) electrons. The highest BCUT2D eigenvalue weighted by Gasteiger charge is 2.38. The molecule has 3 aliphatic rings. The molecule has 9 heteroatoms. The van der Waals surface area contributed by atoms with Gasteiger partial charge in [0.2, 0.25) is 12.7 Å². The van der Waals surface area contributed by atoms with Crippen molar-refractivity contribution in [3.05, 3.63) is 48.0 Å². The molecule has 1 fully saturated rings. The van der Waals surface area contributed by atoms with E-state index in [0.29, 0.717) is 41.6 Å². The van der Waals surface area contributed by atoms with Crippen LogP contribution in [0.5, 0.6) is 11.5 Å². The van der Waals surface area contributed by atoms with E-state index in [1.165, 1.54) is 0 Å². The number of piperidine rings is 1. The zero-order chi connectivity index (χ0) is 20.0. The van der Waals surface area contributed by atoms with Crippen LogP contribution in [0.25, 0.3) is 0 Å². The van der Waals surface area contributed by atoms with E-state index in [1.807, 2.05) is 4.90 Å². The number of carbonyl (C=O) groups is 1. The van der Waals surface area contributed by atoms with Gasteiger partial charge in [0.1, 0.15) is 10.9 Å². The van der Waals surface area contributed by atoms with Crippen LogP contribution >= 0.6 is 0 Å². The summed E-state index contributed by atoms with van der Waals surface area (Å²) in [5, 5.41) is 2.92. The van der Waals surface area contributed by atoms with Crippen LogP contribution in [0.4, 0.5) is 5.69 Å². The summed E-state index contributed by atoms with van der Waals surface area (Å²) >= 11 is 0. The van der Waals surface area contributed by atoms with Gasteiger partial charge in [-0.25, -0.2) is 0 Å². The average molecular weight is 413 g/mol. The minimum atomic E-state index is -3.73. The monoisotopic (exact) mass is 413 g/mol. The van der Waals surface area contributed by atoms with Crippen molar-refractivity contribution in [2.75, 3.05) is 18.7 Å². The van der Waals surface area contributed by atoms with Crippen LogP contribution in [0, 0.1) is 0 Å². The van der Waals surface area contributed by atoms with E-state index in [4.69, 9.17) is 9.47 Å². The molecule has 1 N–H and O–H groups in total. The Morgan fingerprint density at radius 2 is 1.93 bits per heavy atom. The number of hydrogen-bond donors (Lipinski definition) is 1. The number of sulfonamides is 1. The highest BCUT2D eigenvalue weighted by molar-refractivity contribution is 7.90. The van der Waals surface area contributed by atoms with Crippen LogP contribution in [-0.2, 0) is 14.8 Å². The van der Waals surface area contributed by atoms with Gasteiger partial charge in [-0.05, 0) is 43.5 Å². The average Bonchev–Trinajstić information content (AvgIpc) is 3.30. The summed E-state index contributed by atoms with van der Waals surface area (Å²) < 4.78 is 39.5. The summed E-state index contributed by atoms with van der Waals surface area (Å²) in [4.78, 5) is 15.1. The molecule has 2 aromatic rings. The van der Waals surface area contributed by atoms with Crippen LogP contribution < -0.4 is 14.8 Å². The van der Waals surface area contributed by atoms with Gasteiger partial charge in [-0.3, -0.25) is 4.79 Å². The first kappa shape index (κ1) is 18.0. The number of amidine groups is 1. The lowest BCUT2D eigenvalue weighted by Gasteiger charge is -2.36. The molecule has 1 atom stereocenters. The van der Waals surface area contributed by atoms with Crippen LogP contribution in [0.1, 0.15) is 24.8 Å². The maximum Gasteiger partial charge on any atom is 0.285 e. The van der Waals surface area contributed by atoms with Crippen molar-refractivity contribution in [3.63, 3.8) is 0 Å². The highest BCUT2D eigenvalue weighted by atomic mass is 32.2. The van der Waals surface area contributed by atoms with E-state index in [-0.39, 0.29) is 17.6 Å². The number of amides is 1. The number of rotatable bonds is 2. The van der Waals surface area contributed by atoms with Crippen molar-refractivity contribution in [2.24, 2.45) is 4.40 Å². The maximum atomic E-state index is 13.1. The molecule has 0 bridgehead atoms. The van der Waals surface area contributed by atoms with Crippen LogP contribution in [0.15, 0.2) is 51.8 Å². The molecule has 1 saturated heterocycles. The molecule has 0 saturated carbocycles. The number of benzene rings is 2. The van der Waals surface area contributed by atoms with E-state index in [1.54, 1.807) is 42.5 Å². The minimum Gasteiger partial charge on any atom is -0.454 e. The van der Waals surface area contributed by atoms with Gasteiger partial charge in [-0.15, -0.1) is 4.40 Å². The number of hydrogen-bond acceptors (Lipinski definition) is 6. The number of nitrogens with one attached hydrogen (secondary N) is 1. The van der Waals surface area contributed by atoms with Crippen molar-refractivity contribution in [3.8, 4) is 11.5 Å². The maximum absolute atomic E-state index is 13.1. The van der Waals surface area contributed by atoms with Gasteiger partial charge in [0.15, 0.2) is 17.3 Å². The van der Waals surface area contributed by atoms with E-state index in [2.05, 4.69) is 9.71 Å². The molecule has 0 aliphatic carbocycles. The van der Waals surface area contributed by atoms with Gasteiger partial charge < -0.3 is 19.7 Å². The lowest BCUT2D eigenvalue weighted by atomic mass is 9.99. The highest BCUT2D eigenvalue weighted by Crippen LogP contribution is 2.35. The van der Waals surface area contributed by atoms with Gasteiger partial charge in [0, 0.05) is 23.9 Å². The number of fused-ring (bicyclic) bond motifs is 2. The lowest BCUT2D eigenvalue weighted by Crippen LogP contribution is -2.50. The molecular formula is C20H19N3O5S. The zero-order valence-corrected chi connectivity index (χ0v) is 16.3. The number of ether oxygens (including phenoxy) is 2. The zero-order valence-electron chi connectivity index (χ0n) is 15.5. The van der Waals surface area contributed by atoms with Gasteiger partial charge in [0.05, 0.1) is 0 Å². The van der Waals surface area contributed by atoms with Gasteiger partial charge in [-0.2, -0.15) is 8.42 Å². The molecule has 150 valence electrons. The number of likely N-dealkylation sites (tertiary alicyclic amines) is 1. The Kier molecular flexibility index (Phi) is 4.20. The first-order valence-electron chi connectivity index (χ1n) is 9.44. The molecule has 2 aromatic carbocycles. The summed E-state index contributed by atoms with van der Waals surface area (Å²) in [5.41, 5.74) is 1.15. The largest absolute Gasteiger partial charge is 0.454 e. The Labute approximate surface area is 168 Å². The van der Waals surface area contributed by atoms with E-state index in [9.17, 15) is 13.2 Å². The van der Waals surface area contributed by atoms with Crippen molar-refractivity contribution in [1.82, 2.24) is 4.90 Å². The third kappa shape index (κ3) is 3.11. The standard InChI is InChI=1S/C20H19N3O5S/c24-20(21-13-8-9-16-17(11-13)28-12-27-16)15-6-3-4-10-23(15)19-14-5-1-2-7-18(14)29(25,26)22-19/h1-2,5,7-9,11,15H,3-4,6,10,12H2,(H,21,24)/t15-/m1/s1. The predicted molar refractivity (Wildman–Crippen MR) is 106 cm³/mol. The van der Waals surface area contributed by atoms with Crippen LogP contribution in [-0.4, -0.2) is 44.4 Å². The van der Waals surface area contributed by atoms with Crippen molar-refractivity contribution < 1.29 is 22.7 Å². The van der Waals surface area contributed by atoms with Crippen molar-refractivity contribution in [1.29, 1.82) is 0 Å². The van der Waals surface area contributed by atoms with E-state index in [0.717, 1.165) is 12.8 Å². The Balaban J connectivity index is 1.43. The summed E-state index contributed by atoms with van der Waals surface area (Å²) in [7, 11) is -3.73. The number of anilines is 1. The second-order valence-corrected chi connectivity index (χ2v) is 8.72. The SMILES string of the molecule is O=C(Nc1ccc2c(c1)OCO2)[C@H]1CCCCN1C1=NS(=O)(=O)c2ccccc21. The smallest absolute Gasteiger partial charge is 0.285 e. The van der Waals surface area contributed by atoms with Crippen molar-refractivity contribution >= 4 is 27.5 Å². The molecule has 5 rings (SSSR count). The Morgan fingerprint density at radius 1 is 1.10 bits per heavy atom. The topological polar surface area (TPSA) is 97.3 Å². The fourth-order valence-corrected chi connectivity index (χ4v) is 5.17. The first-order valence-corrected chi connectivity index (χ1v) is 10.9. The second kappa shape index (κ2) is 6.77. The molecule has 0 unspecified atom stereocenters. The van der Waals surface area contributed by atoms with Gasteiger partial charge in [0.25, 0.3) is 10.0 Å². The summed E-state index contributed by atoms with van der Waals surface area (Å²) in [6.45, 7) is 0.735. The normalized spacial score (nSPS) is 21.4. The second-order valence-electron chi connectivity index (χ2n) is 7.15. The number of nitrogens with zero attached hydrogens (tertiary/aromatic N) is 2. The third-order valence-electron chi connectivity index (χ3n) is 5.33. The molecule has 29 heavy (non-hydrogen) atoms. The summed E-state index contributed by atoms with van der Waals surface area (Å²) in [6.07, 6.45) is 2.38. The van der Waals surface area contributed by atoms with Crippen LogP contribution in [0.3, 0.4) is 0 Å². The number of carbonyl (C=O) groups excluding carboxylic acids is 1. The molecule has 1 amide bonds. The first-order chi connectivity index (χ1) is 14.0.